The summed E-state index contributed by atoms with van der Waals surface area (Å²) in [5.74, 6) is 0. The van der Waals surface area contributed by atoms with E-state index in [0.29, 0.717) is 0 Å². The van der Waals surface area contributed by atoms with E-state index in [0.717, 1.165) is 12.8 Å². The predicted molar refractivity (Wildman–Crippen MR) is 133 cm³/mol. The van der Waals surface area contributed by atoms with Crippen LogP contribution in [0.15, 0.2) is 103 Å². The smallest absolute Gasteiger partial charge is 0.147 e. The average molecular weight is 473 g/mol. The van der Waals surface area contributed by atoms with Crippen LogP contribution in [0.5, 0.6) is 0 Å². The second-order valence-corrected chi connectivity index (χ2v) is 12.1. The third-order valence-corrected chi connectivity index (χ3v) is 10.7. The van der Waals surface area contributed by atoms with Crippen molar-refractivity contribution in [2.75, 3.05) is 0 Å². The van der Waals surface area contributed by atoms with E-state index in [2.05, 4.69) is 101 Å². The molecule has 0 atom stereocenters. The molecule has 0 saturated heterocycles. The van der Waals surface area contributed by atoms with Crippen LogP contribution in [-0.4, -0.2) is 3.81 Å². The van der Waals surface area contributed by atoms with Crippen molar-refractivity contribution < 1.29 is 17.4 Å². The molecule has 0 aromatic heterocycles. The Morgan fingerprint density at radius 3 is 1.27 bits per heavy atom. The van der Waals surface area contributed by atoms with E-state index in [1.807, 2.05) is 0 Å². The second-order valence-electron chi connectivity index (χ2n) is 8.10. The molecule has 0 fully saturated rings. The molecule has 0 unspecified atom stereocenters. The summed E-state index contributed by atoms with van der Waals surface area (Å²) in [4.78, 5) is 0. The summed E-state index contributed by atoms with van der Waals surface area (Å²) in [6.07, 6.45) is 7.33. The molecular formula is C27H30Cl2Ti. The van der Waals surface area contributed by atoms with E-state index < -0.39 is 17.4 Å². The molecule has 0 amide bonds. The molecule has 4 rings (SSSR count). The first-order valence-electron chi connectivity index (χ1n) is 10.1. The van der Waals surface area contributed by atoms with Crippen LogP contribution in [0.4, 0.5) is 0 Å². The number of allylic oxidation sites excluding steroid dienone is 8. The van der Waals surface area contributed by atoms with Crippen LogP contribution in [0.1, 0.15) is 51.7 Å². The molecule has 3 heteroatoms. The molecule has 2 aliphatic rings. The maximum Gasteiger partial charge on any atom is -0.147 e. The van der Waals surface area contributed by atoms with Crippen LogP contribution in [0.2, 0.25) is 0 Å². The minimum Gasteiger partial charge on any atom is -0.147 e. The van der Waals surface area contributed by atoms with Gasteiger partial charge in [0.2, 0.25) is 0 Å². The Morgan fingerprint density at radius 2 is 0.967 bits per heavy atom. The molecule has 0 nitrogen and oxygen atoms in total. The number of hydrogen-bond donors (Lipinski definition) is 0. The van der Waals surface area contributed by atoms with Crippen molar-refractivity contribution in [3.8, 4) is 0 Å². The van der Waals surface area contributed by atoms with Crippen LogP contribution in [0, 0.1) is 0 Å². The van der Waals surface area contributed by atoms with Gasteiger partial charge in [0.15, 0.2) is 0 Å². The molecule has 0 N–H and O–H groups in total. The topological polar surface area (TPSA) is 0 Å². The fraction of sp³-hybridized carbons (Fsp3) is 0.222. The Labute approximate surface area is 199 Å². The summed E-state index contributed by atoms with van der Waals surface area (Å²) in [5.41, 5.74) is 8.83. The number of rotatable bonds is 4. The quantitative estimate of drug-likeness (QED) is 0.395. The van der Waals surface area contributed by atoms with E-state index >= 15 is 0 Å². The van der Waals surface area contributed by atoms with Crippen LogP contribution in [0.25, 0.3) is 0 Å². The molecule has 0 bridgehead atoms. The molecule has 0 spiro atoms. The zero-order valence-electron chi connectivity index (χ0n) is 18.2. The third-order valence-electron chi connectivity index (χ3n) is 6.06. The standard InChI is InChI=1S/C13H10.2C7H9.2ClH.Ti/c1-3-7-12(8-4-1)11-13-9-5-2-6-10-13;2*1-6-4-3-5-7(6)2;;;/h1-10H;2*4H,5H2,1-2H3;2*1H;. The van der Waals surface area contributed by atoms with Gasteiger partial charge >= 0.3 is 176 Å². The molecule has 2 aromatic rings. The molecule has 2 aliphatic carbocycles. The van der Waals surface area contributed by atoms with Gasteiger partial charge in [-0.25, -0.2) is 0 Å². The number of halogens is 2. The predicted octanol–water partition coefficient (Wildman–Crippen LogP) is 7.97. The van der Waals surface area contributed by atoms with E-state index in [1.165, 1.54) is 22.3 Å². The Balaban J connectivity index is 0.00000160. The molecule has 0 saturated carbocycles. The first-order chi connectivity index (χ1) is 13.5. The van der Waals surface area contributed by atoms with Crippen molar-refractivity contribution in [3.05, 3.63) is 114 Å². The van der Waals surface area contributed by atoms with Crippen molar-refractivity contribution in [2.24, 2.45) is 0 Å². The third kappa shape index (κ3) is 5.06. The Morgan fingerprint density at radius 1 is 0.600 bits per heavy atom. The van der Waals surface area contributed by atoms with Gasteiger partial charge in [0.1, 0.15) is 0 Å². The van der Waals surface area contributed by atoms with Gasteiger partial charge in [0, 0.05) is 0 Å². The van der Waals surface area contributed by atoms with Gasteiger partial charge in [-0.2, -0.15) is 0 Å². The zero-order valence-corrected chi connectivity index (χ0v) is 21.4. The molecule has 156 valence electrons. The summed E-state index contributed by atoms with van der Waals surface area (Å²) in [7, 11) is 0. The van der Waals surface area contributed by atoms with E-state index in [-0.39, 0.29) is 24.8 Å². The summed E-state index contributed by atoms with van der Waals surface area (Å²) < 4.78 is 5.00. The van der Waals surface area contributed by atoms with E-state index in [4.69, 9.17) is 0 Å². The van der Waals surface area contributed by atoms with Gasteiger partial charge in [-0.05, 0) is 0 Å². The fourth-order valence-electron chi connectivity index (χ4n) is 4.23. The van der Waals surface area contributed by atoms with Gasteiger partial charge in [-0.15, -0.1) is 24.8 Å². The molecular weight excluding hydrogens is 443 g/mol. The maximum absolute atomic E-state index is 2.51. The monoisotopic (exact) mass is 472 g/mol. The summed E-state index contributed by atoms with van der Waals surface area (Å²) in [5, 5.41) is 0. The van der Waals surface area contributed by atoms with Crippen molar-refractivity contribution in [1.82, 2.24) is 0 Å². The molecule has 30 heavy (non-hydrogen) atoms. The summed E-state index contributed by atoms with van der Waals surface area (Å²) in [6.45, 7) is 9.16. The Bertz CT molecular complexity index is 983. The first kappa shape index (κ1) is 24.8. The molecule has 0 aliphatic heterocycles. The Kier molecular flexibility index (Phi) is 8.89. The van der Waals surface area contributed by atoms with Gasteiger partial charge in [0.05, 0.1) is 0 Å². The molecule has 0 heterocycles. The molecule has 2 aromatic carbocycles. The average Bonchev–Trinajstić information content (AvgIpc) is 3.22. The number of hydrogen-bond acceptors (Lipinski definition) is 0. The zero-order chi connectivity index (χ0) is 19.7. The first-order valence-corrected chi connectivity index (χ1v) is 12.5. The van der Waals surface area contributed by atoms with Crippen molar-refractivity contribution in [3.63, 3.8) is 0 Å². The van der Waals surface area contributed by atoms with Gasteiger partial charge in [-0.3, -0.25) is 0 Å². The SMILES string of the molecule is CC1=C(C)C[C]([Ti]([C]2=CC(C)=C(C)C2)=[C](c2ccccc2)c2ccccc2)=C1.Cl.Cl. The molecule has 0 radical (unpaired) electrons. The van der Waals surface area contributed by atoms with Crippen molar-refractivity contribution in [1.29, 1.82) is 0 Å². The van der Waals surface area contributed by atoms with Crippen molar-refractivity contribution >= 4 is 28.6 Å². The van der Waals surface area contributed by atoms with E-state index in [1.54, 1.807) is 22.7 Å². The minimum atomic E-state index is -1.87. The van der Waals surface area contributed by atoms with E-state index in [9.17, 15) is 0 Å². The summed E-state index contributed by atoms with van der Waals surface area (Å²) >= 11 is -1.87. The minimum absolute atomic E-state index is 0. The Hall–Kier alpha value is -1.44. The van der Waals surface area contributed by atoms with Gasteiger partial charge in [0.25, 0.3) is 0 Å². The number of benzene rings is 2. The van der Waals surface area contributed by atoms with Crippen molar-refractivity contribution in [2.45, 2.75) is 40.5 Å². The van der Waals surface area contributed by atoms with Gasteiger partial charge < -0.3 is 0 Å². The largest absolute Gasteiger partial charge is 0.147 e. The maximum atomic E-state index is 2.51. The fourth-order valence-corrected chi connectivity index (χ4v) is 9.81. The van der Waals surface area contributed by atoms with Crippen LogP contribution < -0.4 is 0 Å². The van der Waals surface area contributed by atoms with Crippen LogP contribution in [-0.2, 0) is 17.4 Å². The normalized spacial score (nSPS) is 15.3. The van der Waals surface area contributed by atoms with Crippen LogP contribution in [0.3, 0.4) is 0 Å². The second kappa shape index (κ2) is 10.7. The van der Waals surface area contributed by atoms with Crippen LogP contribution >= 0.6 is 24.8 Å². The van der Waals surface area contributed by atoms with Gasteiger partial charge in [-0.1, -0.05) is 0 Å². The summed E-state index contributed by atoms with van der Waals surface area (Å²) in [6, 6.07) is 22.2.